The van der Waals surface area contributed by atoms with Gasteiger partial charge in [0.1, 0.15) is 11.6 Å². The first kappa shape index (κ1) is 12.5. The molecule has 1 aromatic rings. The number of benzene rings is 1. The van der Waals surface area contributed by atoms with Crippen molar-refractivity contribution in [2.45, 2.75) is 32.1 Å². The molecule has 1 fully saturated rings. The zero-order valence-corrected chi connectivity index (χ0v) is 10.4. The lowest BCUT2D eigenvalue weighted by atomic mass is 9.94. The van der Waals surface area contributed by atoms with E-state index in [-0.39, 0.29) is 11.0 Å². The quantitative estimate of drug-likeness (QED) is 0.778. The van der Waals surface area contributed by atoms with Gasteiger partial charge >= 0.3 is 0 Å². The van der Waals surface area contributed by atoms with Crippen LogP contribution in [0.2, 0.25) is 0 Å². The Bertz CT molecular complexity index is 385. The van der Waals surface area contributed by atoms with Crippen molar-refractivity contribution in [3.63, 3.8) is 0 Å². The SMILES string of the molecule is CCCNCC1CC1(C)c1c(F)cccc1F. The van der Waals surface area contributed by atoms with E-state index in [4.69, 9.17) is 0 Å². The average molecular weight is 239 g/mol. The lowest BCUT2D eigenvalue weighted by Gasteiger charge is -2.14. The van der Waals surface area contributed by atoms with Crippen molar-refractivity contribution in [3.8, 4) is 0 Å². The average Bonchev–Trinajstić information content (AvgIpc) is 2.90. The van der Waals surface area contributed by atoms with Crippen LogP contribution in [0.3, 0.4) is 0 Å². The van der Waals surface area contributed by atoms with Gasteiger partial charge in [0.2, 0.25) is 0 Å². The Balaban J connectivity index is 2.08. The molecule has 0 amide bonds. The summed E-state index contributed by atoms with van der Waals surface area (Å²) in [5.41, 5.74) is -0.0563. The first-order valence-corrected chi connectivity index (χ1v) is 6.24. The number of halogens is 2. The number of hydrogen-bond donors (Lipinski definition) is 1. The third kappa shape index (κ3) is 2.34. The van der Waals surface area contributed by atoms with Crippen molar-refractivity contribution in [1.82, 2.24) is 5.32 Å². The molecule has 1 N–H and O–H groups in total. The fraction of sp³-hybridized carbons (Fsp3) is 0.571. The van der Waals surface area contributed by atoms with Crippen LogP contribution in [0.1, 0.15) is 32.3 Å². The molecule has 0 aliphatic heterocycles. The Morgan fingerprint density at radius 1 is 1.35 bits per heavy atom. The third-order valence-corrected chi connectivity index (χ3v) is 3.76. The predicted molar refractivity (Wildman–Crippen MR) is 65.0 cm³/mol. The minimum Gasteiger partial charge on any atom is -0.316 e. The van der Waals surface area contributed by atoms with E-state index in [2.05, 4.69) is 12.2 Å². The fourth-order valence-electron chi connectivity index (χ4n) is 2.55. The molecule has 1 nitrogen and oxygen atoms in total. The van der Waals surface area contributed by atoms with E-state index in [1.807, 2.05) is 6.92 Å². The summed E-state index contributed by atoms with van der Waals surface area (Å²) in [6, 6.07) is 4.11. The summed E-state index contributed by atoms with van der Waals surface area (Å²) in [6.45, 7) is 5.87. The summed E-state index contributed by atoms with van der Waals surface area (Å²) in [5.74, 6) is -0.476. The minimum atomic E-state index is -0.412. The summed E-state index contributed by atoms with van der Waals surface area (Å²) in [5, 5.41) is 3.32. The Hall–Kier alpha value is -0.960. The van der Waals surface area contributed by atoms with Crippen LogP contribution in [0.5, 0.6) is 0 Å². The van der Waals surface area contributed by atoms with E-state index in [9.17, 15) is 8.78 Å². The van der Waals surface area contributed by atoms with Crippen LogP contribution in [-0.2, 0) is 5.41 Å². The van der Waals surface area contributed by atoms with Gasteiger partial charge in [0, 0.05) is 11.0 Å². The smallest absolute Gasteiger partial charge is 0.129 e. The first-order chi connectivity index (χ1) is 8.09. The van der Waals surface area contributed by atoms with Gasteiger partial charge in [0.15, 0.2) is 0 Å². The summed E-state index contributed by atoms with van der Waals surface area (Å²) in [6.07, 6.45) is 1.94. The molecule has 3 heteroatoms. The van der Waals surface area contributed by atoms with Gasteiger partial charge in [-0.15, -0.1) is 0 Å². The summed E-state index contributed by atoms with van der Waals surface area (Å²) in [7, 11) is 0. The zero-order chi connectivity index (χ0) is 12.5. The van der Waals surface area contributed by atoms with Crippen LogP contribution in [0.25, 0.3) is 0 Å². The molecule has 1 aromatic carbocycles. The van der Waals surface area contributed by atoms with Crippen LogP contribution in [0, 0.1) is 17.6 Å². The molecule has 0 bridgehead atoms. The van der Waals surface area contributed by atoms with E-state index in [1.54, 1.807) is 0 Å². The van der Waals surface area contributed by atoms with Crippen LogP contribution in [0.15, 0.2) is 18.2 Å². The molecule has 2 rings (SSSR count). The van der Waals surface area contributed by atoms with E-state index in [1.165, 1.54) is 18.2 Å². The van der Waals surface area contributed by atoms with Crippen molar-refractivity contribution in [1.29, 1.82) is 0 Å². The Kier molecular flexibility index (Phi) is 3.48. The van der Waals surface area contributed by atoms with Gasteiger partial charge in [-0.2, -0.15) is 0 Å². The van der Waals surface area contributed by atoms with Crippen LogP contribution < -0.4 is 5.32 Å². The fourth-order valence-corrected chi connectivity index (χ4v) is 2.55. The Labute approximate surface area is 101 Å². The molecule has 2 unspecified atom stereocenters. The molecule has 0 saturated heterocycles. The molecule has 0 radical (unpaired) electrons. The van der Waals surface area contributed by atoms with E-state index < -0.39 is 11.6 Å². The highest BCUT2D eigenvalue weighted by Gasteiger charge is 2.53. The highest BCUT2D eigenvalue weighted by atomic mass is 19.1. The van der Waals surface area contributed by atoms with Crippen molar-refractivity contribution < 1.29 is 8.78 Å². The van der Waals surface area contributed by atoms with Crippen LogP contribution in [0.4, 0.5) is 8.78 Å². The molecule has 1 aliphatic rings. The molecule has 0 heterocycles. The van der Waals surface area contributed by atoms with Gasteiger partial charge in [-0.25, -0.2) is 8.78 Å². The topological polar surface area (TPSA) is 12.0 Å². The van der Waals surface area contributed by atoms with Gasteiger partial charge in [-0.3, -0.25) is 0 Å². The van der Waals surface area contributed by atoms with E-state index in [0.717, 1.165) is 25.9 Å². The number of rotatable bonds is 5. The van der Waals surface area contributed by atoms with Gasteiger partial charge in [0.05, 0.1) is 0 Å². The second-order valence-corrected chi connectivity index (χ2v) is 5.12. The largest absolute Gasteiger partial charge is 0.316 e. The van der Waals surface area contributed by atoms with Crippen molar-refractivity contribution >= 4 is 0 Å². The molecule has 0 aromatic heterocycles. The normalized spacial score (nSPS) is 27.2. The zero-order valence-electron chi connectivity index (χ0n) is 10.4. The number of nitrogens with one attached hydrogen (secondary N) is 1. The van der Waals surface area contributed by atoms with E-state index in [0.29, 0.717) is 5.92 Å². The highest BCUT2D eigenvalue weighted by molar-refractivity contribution is 5.35. The molecular formula is C14H19F2N. The molecule has 1 aliphatic carbocycles. The van der Waals surface area contributed by atoms with Crippen molar-refractivity contribution in [2.75, 3.05) is 13.1 Å². The maximum absolute atomic E-state index is 13.7. The van der Waals surface area contributed by atoms with Crippen molar-refractivity contribution in [3.05, 3.63) is 35.4 Å². The molecule has 0 spiro atoms. The van der Waals surface area contributed by atoms with Gasteiger partial charge in [0.25, 0.3) is 0 Å². The lowest BCUT2D eigenvalue weighted by Crippen LogP contribution is -2.22. The highest BCUT2D eigenvalue weighted by Crippen LogP contribution is 2.54. The second-order valence-electron chi connectivity index (χ2n) is 5.12. The Morgan fingerprint density at radius 3 is 2.59 bits per heavy atom. The van der Waals surface area contributed by atoms with Crippen molar-refractivity contribution in [2.24, 2.45) is 5.92 Å². The minimum absolute atomic E-state index is 0.267. The first-order valence-electron chi connectivity index (χ1n) is 6.24. The molecule has 17 heavy (non-hydrogen) atoms. The van der Waals surface area contributed by atoms with Gasteiger partial charge in [-0.1, -0.05) is 19.9 Å². The van der Waals surface area contributed by atoms with Crippen LogP contribution in [-0.4, -0.2) is 13.1 Å². The summed E-state index contributed by atoms with van der Waals surface area (Å²) in [4.78, 5) is 0. The number of hydrogen-bond acceptors (Lipinski definition) is 1. The molecule has 2 atom stereocenters. The molecule has 94 valence electrons. The maximum atomic E-state index is 13.7. The lowest BCUT2D eigenvalue weighted by molar-refractivity contribution is 0.500. The second kappa shape index (κ2) is 4.73. The summed E-state index contributed by atoms with van der Waals surface area (Å²) < 4.78 is 27.4. The summed E-state index contributed by atoms with van der Waals surface area (Å²) >= 11 is 0. The predicted octanol–water partition coefficient (Wildman–Crippen LogP) is 3.24. The van der Waals surface area contributed by atoms with Gasteiger partial charge in [-0.05, 0) is 44.0 Å². The Morgan fingerprint density at radius 2 is 2.00 bits per heavy atom. The molecule has 1 saturated carbocycles. The molecular weight excluding hydrogens is 220 g/mol. The standard InChI is InChI=1S/C14H19F2N/c1-3-7-17-9-10-8-14(10,2)13-11(15)5-4-6-12(13)16/h4-6,10,17H,3,7-9H2,1-2H3. The van der Waals surface area contributed by atoms with Crippen LogP contribution >= 0.6 is 0 Å². The maximum Gasteiger partial charge on any atom is 0.129 e. The van der Waals surface area contributed by atoms with Gasteiger partial charge < -0.3 is 5.32 Å². The van der Waals surface area contributed by atoms with E-state index >= 15 is 0 Å². The monoisotopic (exact) mass is 239 g/mol. The third-order valence-electron chi connectivity index (χ3n) is 3.76.